The van der Waals surface area contributed by atoms with Crippen LogP contribution < -0.4 is 21.9 Å². The van der Waals surface area contributed by atoms with Gasteiger partial charge in [-0.05, 0) is 18.6 Å². The molecule has 0 aliphatic rings. The van der Waals surface area contributed by atoms with Crippen molar-refractivity contribution in [2.75, 3.05) is 18.5 Å². The van der Waals surface area contributed by atoms with Crippen LogP contribution >= 0.6 is 0 Å². The Labute approximate surface area is 118 Å². The Hall–Kier alpha value is -2.15. The summed E-state index contributed by atoms with van der Waals surface area (Å²) in [5.74, 6) is 5.47. The molecule has 0 saturated carbocycles. The van der Waals surface area contributed by atoms with Gasteiger partial charge in [-0.1, -0.05) is 13.3 Å². The third kappa shape index (κ3) is 5.23. The van der Waals surface area contributed by atoms with Crippen molar-refractivity contribution in [2.24, 2.45) is 5.84 Å². The number of amides is 2. The predicted molar refractivity (Wildman–Crippen MR) is 77.1 cm³/mol. The molecule has 5 N–H and O–H groups in total. The molecule has 2 amide bonds. The molecule has 0 unspecified atom stereocenters. The summed E-state index contributed by atoms with van der Waals surface area (Å²) < 4.78 is 0. The lowest BCUT2D eigenvalue weighted by molar-refractivity contribution is -0.118. The lowest BCUT2D eigenvalue weighted by Gasteiger charge is -2.09. The van der Waals surface area contributed by atoms with E-state index < -0.39 is 0 Å². The van der Waals surface area contributed by atoms with Crippen molar-refractivity contribution in [1.29, 1.82) is 0 Å². The number of aryl methyl sites for hydroxylation is 1. The summed E-state index contributed by atoms with van der Waals surface area (Å²) in [6, 6.07) is 3.34. The van der Waals surface area contributed by atoms with Crippen LogP contribution in [-0.2, 0) is 11.2 Å². The van der Waals surface area contributed by atoms with Gasteiger partial charge in [0.25, 0.3) is 5.91 Å². The molecule has 0 radical (unpaired) electrons. The summed E-state index contributed by atoms with van der Waals surface area (Å²) in [4.78, 5) is 27.0. The van der Waals surface area contributed by atoms with E-state index in [4.69, 9.17) is 5.84 Å². The highest BCUT2D eigenvalue weighted by Gasteiger charge is 2.09. The van der Waals surface area contributed by atoms with Crippen molar-refractivity contribution in [3.63, 3.8) is 0 Å². The Morgan fingerprint density at radius 2 is 1.95 bits per heavy atom. The van der Waals surface area contributed by atoms with Crippen molar-refractivity contribution in [2.45, 2.75) is 26.7 Å². The van der Waals surface area contributed by atoms with Crippen molar-refractivity contribution < 1.29 is 9.59 Å². The zero-order valence-electron chi connectivity index (χ0n) is 11.8. The highest BCUT2D eigenvalue weighted by molar-refractivity contribution is 5.95. The van der Waals surface area contributed by atoms with Gasteiger partial charge in [0, 0.05) is 31.3 Å². The minimum absolute atomic E-state index is 0.122. The molecule has 0 spiro atoms. The maximum atomic E-state index is 12.0. The van der Waals surface area contributed by atoms with Crippen LogP contribution in [-0.4, -0.2) is 29.9 Å². The maximum absolute atomic E-state index is 12.0. The first kappa shape index (κ1) is 15.9. The van der Waals surface area contributed by atoms with Crippen molar-refractivity contribution >= 4 is 17.6 Å². The molecular formula is C13H21N5O2. The molecule has 1 aromatic rings. The van der Waals surface area contributed by atoms with Gasteiger partial charge in [0.1, 0.15) is 5.82 Å². The monoisotopic (exact) mass is 279 g/mol. The molecule has 0 aliphatic heterocycles. The Morgan fingerprint density at radius 3 is 2.55 bits per heavy atom. The van der Waals surface area contributed by atoms with E-state index in [1.54, 1.807) is 12.1 Å². The number of nitrogen functional groups attached to an aromatic ring is 1. The van der Waals surface area contributed by atoms with Gasteiger partial charge in [-0.3, -0.25) is 9.59 Å². The van der Waals surface area contributed by atoms with Gasteiger partial charge in [0.2, 0.25) is 5.91 Å². The average Bonchev–Trinajstić information content (AvgIpc) is 2.43. The van der Waals surface area contributed by atoms with Gasteiger partial charge < -0.3 is 16.1 Å². The van der Waals surface area contributed by atoms with E-state index in [0.717, 1.165) is 18.5 Å². The third-order valence-corrected chi connectivity index (χ3v) is 2.58. The Morgan fingerprint density at radius 1 is 1.25 bits per heavy atom. The van der Waals surface area contributed by atoms with E-state index in [1.807, 2.05) is 6.92 Å². The number of anilines is 1. The smallest absolute Gasteiger partial charge is 0.251 e. The summed E-state index contributed by atoms with van der Waals surface area (Å²) in [5, 5.41) is 5.33. The Bertz CT molecular complexity index is 476. The van der Waals surface area contributed by atoms with E-state index in [-0.39, 0.29) is 11.8 Å². The summed E-state index contributed by atoms with van der Waals surface area (Å²) >= 11 is 0. The molecule has 0 saturated heterocycles. The average molecular weight is 279 g/mol. The molecular weight excluding hydrogens is 258 g/mol. The standard InChI is InChI=1S/C13H21N5O2/c1-3-4-11-7-10(8-12(17-11)18-14)13(20)16-6-5-15-9(2)19/h7-8H,3-6,14H2,1-2H3,(H,15,19)(H,16,20)(H,17,18). The number of carbonyl (C=O) groups excluding carboxylic acids is 2. The van der Waals surface area contributed by atoms with Crippen LogP contribution in [0, 0.1) is 0 Å². The largest absolute Gasteiger partial charge is 0.355 e. The zero-order valence-corrected chi connectivity index (χ0v) is 11.8. The fraction of sp³-hybridized carbons (Fsp3) is 0.462. The Balaban J connectivity index is 2.66. The van der Waals surface area contributed by atoms with E-state index >= 15 is 0 Å². The fourth-order valence-corrected chi connectivity index (χ4v) is 1.69. The van der Waals surface area contributed by atoms with Crippen LogP contribution in [0.2, 0.25) is 0 Å². The second-order valence-corrected chi connectivity index (χ2v) is 4.37. The molecule has 0 fully saturated rings. The molecule has 7 nitrogen and oxygen atoms in total. The van der Waals surface area contributed by atoms with Crippen molar-refractivity contribution in [3.8, 4) is 0 Å². The van der Waals surface area contributed by atoms with Crippen LogP contribution in [0.5, 0.6) is 0 Å². The first-order valence-corrected chi connectivity index (χ1v) is 6.57. The lowest BCUT2D eigenvalue weighted by Crippen LogP contribution is -2.33. The zero-order chi connectivity index (χ0) is 15.0. The van der Waals surface area contributed by atoms with Gasteiger partial charge in [0.15, 0.2) is 0 Å². The van der Waals surface area contributed by atoms with Gasteiger partial charge in [-0.15, -0.1) is 0 Å². The number of hydrogen-bond donors (Lipinski definition) is 4. The van der Waals surface area contributed by atoms with E-state index in [2.05, 4.69) is 21.0 Å². The number of nitrogens with one attached hydrogen (secondary N) is 3. The van der Waals surface area contributed by atoms with E-state index in [1.165, 1.54) is 6.92 Å². The van der Waals surface area contributed by atoms with Crippen LogP contribution in [0.25, 0.3) is 0 Å². The molecule has 0 bridgehead atoms. The third-order valence-electron chi connectivity index (χ3n) is 2.58. The second kappa shape index (κ2) is 8.11. The summed E-state index contributed by atoms with van der Waals surface area (Å²) in [6.07, 6.45) is 1.71. The summed E-state index contributed by atoms with van der Waals surface area (Å²) in [7, 11) is 0. The highest BCUT2D eigenvalue weighted by atomic mass is 16.2. The Kier molecular flexibility index (Phi) is 6.45. The molecule has 1 aromatic heterocycles. The number of rotatable bonds is 7. The summed E-state index contributed by atoms with van der Waals surface area (Å²) in [5.41, 5.74) is 3.77. The van der Waals surface area contributed by atoms with Crippen LogP contribution in [0.15, 0.2) is 12.1 Å². The normalized spacial score (nSPS) is 9.95. The molecule has 0 atom stereocenters. The molecule has 1 heterocycles. The second-order valence-electron chi connectivity index (χ2n) is 4.37. The van der Waals surface area contributed by atoms with Crippen LogP contribution in [0.3, 0.4) is 0 Å². The maximum Gasteiger partial charge on any atom is 0.251 e. The number of carbonyl (C=O) groups is 2. The van der Waals surface area contributed by atoms with E-state index in [9.17, 15) is 9.59 Å². The SMILES string of the molecule is CCCc1cc(C(=O)NCCNC(C)=O)cc(NN)n1. The van der Waals surface area contributed by atoms with Crippen molar-refractivity contribution in [3.05, 3.63) is 23.4 Å². The van der Waals surface area contributed by atoms with Gasteiger partial charge in [0.05, 0.1) is 0 Å². The minimum atomic E-state index is -0.216. The van der Waals surface area contributed by atoms with Crippen molar-refractivity contribution in [1.82, 2.24) is 15.6 Å². The quantitative estimate of drug-likeness (QED) is 0.323. The number of nitrogens with two attached hydrogens (primary N) is 1. The molecule has 0 aromatic carbocycles. The van der Waals surface area contributed by atoms with Gasteiger partial charge >= 0.3 is 0 Å². The number of pyridine rings is 1. The minimum Gasteiger partial charge on any atom is -0.355 e. The molecule has 7 heteroatoms. The fourth-order valence-electron chi connectivity index (χ4n) is 1.69. The topological polar surface area (TPSA) is 109 Å². The van der Waals surface area contributed by atoms with Crippen LogP contribution in [0.4, 0.5) is 5.82 Å². The highest BCUT2D eigenvalue weighted by Crippen LogP contribution is 2.11. The first-order valence-electron chi connectivity index (χ1n) is 6.57. The van der Waals surface area contributed by atoms with Crippen LogP contribution in [0.1, 0.15) is 36.3 Å². The molecule has 0 aliphatic carbocycles. The first-order chi connectivity index (χ1) is 9.56. The van der Waals surface area contributed by atoms with Gasteiger partial charge in [-0.2, -0.15) is 0 Å². The molecule has 1 rings (SSSR count). The lowest BCUT2D eigenvalue weighted by atomic mass is 10.1. The summed E-state index contributed by atoms with van der Waals surface area (Å²) in [6.45, 7) is 4.24. The number of hydrazine groups is 1. The molecule has 20 heavy (non-hydrogen) atoms. The number of nitrogens with zero attached hydrogens (tertiary/aromatic N) is 1. The molecule has 110 valence electrons. The number of hydrogen-bond acceptors (Lipinski definition) is 5. The van der Waals surface area contributed by atoms with E-state index in [0.29, 0.717) is 24.5 Å². The number of aromatic nitrogens is 1. The predicted octanol–water partition coefficient (Wildman–Crippen LogP) is 0.186. The van der Waals surface area contributed by atoms with Gasteiger partial charge in [-0.25, -0.2) is 10.8 Å².